The van der Waals surface area contributed by atoms with Crippen LogP contribution in [0.3, 0.4) is 0 Å². The predicted octanol–water partition coefficient (Wildman–Crippen LogP) is 3.80. The molecule has 0 radical (unpaired) electrons. The highest BCUT2D eigenvalue weighted by Crippen LogP contribution is 2.25. The van der Waals surface area contributed by atoms with Crippen molar-refractivity contribution in [3.63, 3.8) is 0 Å². The van der Waals surface area contributed by atoms with E-state index < -0.39 is 12.0 Å². The molecule has 0 unspecified atom stereocenters. The maximum Gasteiger partial charge on any atom is 0.330 e. The highest BCUT2D eigenvalue weighted by Gasteiger charge is 2.26. The summed E-state index contributed by atoms with van der Waals surface area (Å²) in [6.45, 7) is 0.235. The van der Waals surface area contributed by atoms with E-state index >= 15 is 0 Å². The number of hydrogen-bond acceptors (Lipinski definition) is 4. The molecule has 0 aliphatic carbocycles. The van der Waals surface area contributed by atoms with Gasteiger partial charge in [0.15, 0.2) is 0 Å². The SMILES string of the molecule is COC(=O)[C@@H](CN(c1ccccc1)c1ccccc1)NC(=O)c1ccccc1. The molecule has 1 amide bonds. The average molecular weight is 374 g/mol. The minimum Gasteiger partial charge on any atom is -0.467 e. The van der Waals surface area contributed by atoms with Crippen LogP contribution in [0.4, 0.5) is 11.4 Å². The van der Waals surface area contributed by atoms with Crippen molar-refractivity contribution < 1.29 is 14.3 Å². The first-order chi connectivity index (χ1) is 13.7. The second-order valence-corrected chi connectivity index (χ2v) is 6.20. The summed E-state index contributed by atoms with van der Waals surface area (Å²) < 4.78 is 4.94. The molecular weight excluding hydrogens is 352 g/mol. The molecule has 0 heterocycles. The smallest absolute Gasteiger partial charge is 0.330 e. The summed E-state index contributed by atoms with van der Waals surface area (Å²) >= 11 is 0. The molecule has 3 rings (SSSR count). The Hall–Kier alpha value is -3.60. The molecule has 5 heteroatoms. The normalized spacial score (nSPS) is 11.3. The summed E-state index contributed by atoms with van der Waals surface area (Å²) in [6, 6.07) is 27.4. The van der Waals surface area contributed by atoms with Crippen molar-refractivity contribution in [2.75, 3.05) is 18.6 Å². The molecule has 3 aromatic carbocycles. The molecule has 142 valence electrons. The number of rotatable bonds is 7. The van der Waals surface area contributed by atoms with Crippen molar-refractivity contribution in [2.45, 2.75) is 6.04 Å². The molecule has 5 nitrogen and oxygen atoms in total. The fraction of sp³-hybridized carbons (Fsp3) is 0.130. The van der Waals surface area contributed by atoms with Crippen molar-refractivity contribution in [2.24, 2.45) is 0 Å². The first-order valence-corrected chi connectivity index (χ1v) is 9.00. The average Bonchev–Trinajstić information content (AvgIpc) is 2.77. The summed E-state index contributed by atoms with van der Waals surface area (Å²) in [4.78, 5) is 27.0. The molecule has 0 bridgehead atoms. The van der Waals surface area contributed by atoms with Crippen molar-refractivity contribution in [1.29, 1.82) is 0 Å². The zero-order valence-corrected chi connectivity index (χ0v) is 15.6. The molecule has 0 spiro atoms. The third kappa shape index (κ3) is 4.76. The molecule has 0 saturated heterocycles. The van der Waals surface area contributed by atoms with Gasteiger partial charge < -0.3 is 15.0 Å². The van der Waals surface area contributed by atoms with E-state index in [1.807, 2.05) is 71.6 Å². The van der Waals surface area contributed by atoms with Crippen LogP contribution in [0.1, 0.15) is 10.4 Å². The molecule has 3 aromatic rings. The zero-order chi connectivity index (χ0) is 19.8. The van der Waals surface area contributed by atoms with Gasteiger partial charge in [-0.25, -0.2) is 4.79 Å². The van der Waals surface area contributed by atoms with E-state index in [4.69, 9.17) is 4.74 Å². The zero-order valence-electron chi connectivity index (χ0n) is 15.6. The van der Waals surface area contributed by atoms with Gasteiger partial charge in [-0.2, -0.15) is 0 Å². The van der Waals surface area contributed by atoms with Crippen LogP contribution in [0.5, 0.6) is 0 Å². The Morgan fingerprint density at radius 3 is 1.75 bits per heavy atom. The number of carbonyl (C=O) groups is 2. The predicted molar refractivity (Wildman–Crippen MR) is 110 cm³/mol. The number of methoxy groups -OCH3 is 1. The van der Waals surface area contributed by atoms with Crippen LogP contribution < -0.4 is 10.2 Å². The molecule has 0 aromatic heterocycles. The Balaban J connectivity index is 1.88. The molecule has 0 fully saturated rings. The van der Waals surface area contributed by atoms with Gasteiger partial charge in [0.1, 0.15) is 6.04 Å². The van der Waals surface area contributed by atoms with Gasteiger partial charge >= 0.3 is 5.97 Å². The molecule has 1 atom stereocenters. The van der Waals surface area contributed by atoms with Gasteiger partial charge in [0.25, 0.3) is 5.91 Å². The first-order valence-electron chi connectivity index (χ1n) is 9.00. The standard InChI is InChI=1S/C23H22N2O3/c1-28-23(27)21(24-22(26)18-11-5-2-6-12-18)17-25(19-13-7-3-8-14-19)20-15-9-4-10-16-20/h2-16,21H,17H2,1H3,(H,24,26)/t21-/m1/s1. The highest BCUT2D eigenvalue weighted by atomic mass is 16.5. The lowest BCUT2D eigenvalue weighted by atomic mass is 10.1. The summed E-state index contributed by atoms with van der Waals surface area (Å²) in [5.41, 5.74) is 2.32. The number of esters is 1. The quantitative estimate of drug-likeness (QED) is 0.639. The van der Waals surface area contributed by atoms with Gasteiger partial charge in [-0.15, -0.1) is 0 Å². The minimum atomic E-state index is -0.835. The second-order valence-electron chi connectivity index (χ2n) is 6.20. The van der Waals surface area contributed by atoms with Crippen LogP contribution in [0, 0.1) is 0 Å². The van der Waals surface area contributed by atoms with E-state index in [0.29, 0.717) is 5.56 Å². The van der Waals surface area contributed by atoms with Gasteiger partial charge in [0.2, 0.25) is 0 Å². The van der Waals surface area contributed by atoms with E-state index in [1.54, 1.807) is 24.3 Å². The third-order valence-corrected chi connectivity index (χ3v) is 4.33. The largest absolute Gasteiger partial charge is 0.467 e. The van der Waals surface area contributed by atoms with E-state index in [2.05, 4.69) is 5.32 Å². The van der Waals surface area contributed by atoms with Crippen LogP contribution in [0.2, 0.25) is 0 Å². The Morgan fingerprint density at radius 1 is 0.821 bits per heavy atom. The molecule has 1 N–H and O–H groups in total. The third-order valence-electron chi connectivity index (χ3n) is 4.33. The maximum absolute atomic E-state index is 12.6. The molecule has 0 saturated carbocycles. The summed E-state index contributed by atoms with van der Waals surface area (Å²) in [6.07, 6.45) is 0. The monoisotopic (exact) mass is 374 g/mol. The number of amides is 1. The van der Waals surface area contributed by atoms with Crippen molar-refractivity contribution in [3.8, 4) is 0 Å². The topological polar surface area (TPSA) is 58.6 Å². The fourth-order valence-corrected chi connectivity index (χ4v) is 2.91. The number of nitrogens with one attached hydrogen (secondary N) is 1. The van der Waals surface area contributed by atoms with Crippen LogP contribution in [0.25, 0.3) is 0 Å². The Bertz CT molecular complexity index is 859. The van der Waals surface area contributed by atoms with Gasteiger partial charge in [-0.3, -0.25) is 4.79 Å². The fourth-order valence-electron chi connectivity index (χ4n) is 2.91. The number of benzene rings is 3. The van der Waals surface area contributed by atoms with Crippen LogP contribution in [-0.2, 0) is 9.53 Å². The number of ether oxygens (including phenoxy) is 1. The lowest BCUT2D eigenvalue weighted by Gasteiger charge is -2.29. The summed E-state index contributed by atoms with van der Waals surface area (Å²) in [5, 5.41) is 2.80. The van der Waals surface area contributed by atoms with Crippen molar-refractivity contribution >= 4 is 23.3 Å². The molecule has 28 heavy (non-hydrogen) atoms. The van der Waals surface area contributed by atoms with Crippen LogP contribution in [0.15, 0.2) is 91.0 Å². The molecule has 0 aliphatic rings. The van der Waals surface area contributed by atoms with E-state index in [9.17, 15) is 9.59 Å². The minimum absolute atomic E-state index is 0.235. The lowest BCUT2D eigenvalue weighted by Crippen LogP contribution is -2.48. The summed E-state index contributed by atoms with van der Waals surface area (Å²) in [7, 11) is 1.32. The van der Waals surface area contributed by atoms with Crippen LogP contribution >= 0.6 is 0 Å². The number of nitrogens with zero attached hydrogens (tertiary/aromatic N) is 1. The van der Waals surface area contributed by atoms with E-state index in [1.165, 1.54) is 7.11 Å². The number of para-hydroxylation sites is 2. The lowest BCUT2D eigenvalue weighted by molar-refractivity contribution is -0.142. The van der Waals surface area contributed by atoms with Gasteiger partial charge in [-0.1, -0.05) is 54.6 Å². The van der Waals surface area contributed by atoms with Crippen LogP contribution in [-0.4, -0.2) is 31.6 Å². The van der Waals surface area contributed by atoms with Crippen molar-refractivity contribution in [1.82, 2.24) is 5.32 Å². The first kappa shape index (κ1) is 19.2. The number of hydrogen-bond donors (Lipinski definition) is 1. The van der Waals surface area contributed by atoms with E-state index in [-0.39, 0.29) is 12.5 Å². The second kappa shape index (κ2) is 9.37. The van der Waals surface area contributed by atoms with Gasteiger partial charge in [0.05, 0.1) is 13.7 Å². The Morgan fingerprint density at radius 2 is 1.29 bits per heavy atom. The van der Waals surface area contributed by atoms with Gasteiger partial charge in [0, 0.05) is 16.9 Å². The number of anilines is 2. The van der Waals surface area contributed by atoms with E-state index in [0.717, 1.165) is 11.4 Å². The molecular formula is C23H22N2O3. The number of carbonyl (C=O) groups excluding carboxylic acids is 2. The van der Waals surface area contributed by atoms with Gasteiger partial charge in [-0.05, 0) is 36.4 Å². The van der Waals surface area contributed by atoms with Crippen molar-refractivity contribution in [3.05, 3.63) is 96.6 Å². The Kier molecular flexibility index (Phi) is 6.41. The highest BCUT2D eigenvalue weighted by molar-refractivity contribution is 5.97. The summed E-state index contributed by atoms with van der Waals surface area (Å²) in [5.74, 6) is -0.821. The Labute approximate surface area is 164 Å². The molecule has 0 aliphatic heterocycles. The maximum atomic E-state index is 12.6.